The molecule has 0 aliphatic heterocycles. The lowest BCUT2D eigenvalue weighted by atomic mass is 10.2. The molecule has 0 bridgehead atoms. The molecule has 0 radical (unpaired) electrons. The molecular weight excluding hydrogens is 216 g/mol. The van der Waals surface area contributed by atoms with E-state index in [1.165, 1.54) is 0 Å². The zero-order valence-corrected chi connectivity index (χ0v) is 9.93. The van der Waals surface area contributed by atoms with Gasteiger partial charge in [-0.2, -0.15) is 5.26 Å². The zero-order chi connectivity index (χ0) is 12.3. The van der Waals surface area contributed by atoms with Crippen molar-refractivity contribution in [2.24, 2.45) is 11.8 Å². The highest BCUT2D eigenvalue weighted by molar-refractivity contribution is 5.81. The molecule has 0 N–H and O–H groups in total. The predicted molar refractivity (Wildman–Crippen MR) is 61.6 cm³/mol. The lowest BCUT2D eigenvalue weighted by Gasteiger charge is -2.20. The lowest BCUT2D eigenvalue weighted by Crippen LogP contribution is -2.32. The average Bonchev–Trinajstić information content (AvgIpc) is 2.84. The molecule has 0 spiro atoms. The van der Waals surface area contributed by atoms with Gasteiger partial charge in [-0.25, -0.2) is 0 Å². The van der Waals surface area contributed by atoms with Crippen LogP contribution >= 0.6 is 0 Å². The van der Waals surface area contributed by atoms with Gasteiger partial charge >= 0.3 is 0 Å². The molecule has 1 amide bonds. The van der Waals surface area contributed by atoms with Crippen LogP contribution in [0.3, 0.4) is 0 Å². The van der Waals surface area contributed by atoms with Gasteiger partial charge in [0.05, 0.1) is 25.3 Å². The largest absolute Gasteiger partial charge is 0.467 e. The van der Waals surface area contributed by atoms with Crippen LogP contribution in [0.25, 0.3) is 0 Å². The second-order valence-electron chi connectivity index (χ2n) is 4.57. The van der Waals surface area contributed by atoms with Crippen LogP contribution in [0.4, 0.5) is 0 Å². The molecule has 2 unspecified atom stereocenters. The van der Waals surface area contributed by atoms with E-state index in [-0.39, 0.29) is 11.8 Å². The Balaban J connectivity index is 1.97. The van der Waals surface area contributed by atoms with E-state index in [9.17, 15) is 4.79 Å². The minimum absolute atomic E-state index is 0.156. The maximum atomic E-state index is 12.1. The topological polar surface area (TPSA) is 57.2 Å². The number of hydrogen-bond acceptors (Lipinski definition) is 3. The van der Waals surface area contributed by atoms with Crippen LogP contribution in [-0.4, -0.2) is 17.4 Å². The van der Waals surface area contributed by atoms with Crippen molar-refractivity contribution in [2.75, 3.05) is 6.54 Å². The van der Waals surface area contributed by atoms with E-state index in [1.807, 2.05) is 12.1 Å². The Bertz CT molecular complexity index is 419. The summed E-state index contributed by atoms with van der Waals surface area (Å²) in [6.45, 7) is 3.04. The van der Waals surface area contributed by atoms with Crippen molar-refractivity contribution in [1.29, 1.82) is 5.26 Å². The van der Waals surface area contributed by atoms with Crippen molar-refractivity contribution >= 4 is 5.91 Å². The Morgan fingerprint density at radius 3 is 3.00 bits per heavy atom. The summed E-state index contributed by atoms with van der Waals surface area (Å²) in [5, 5.41) is 8.62. The normalized spacial score (nSPS) is 21.9. The fourth-order valence-corrected chi connectivity index (χ4v) is 1.94. The van der Waals surface area contributed by atoms with E-state index < -0.39 is 0 Å². The van der Waals surface area contributed by atoms with Crippen LogP contribution in [0, 0.1) is 23.2 Å². The molecule has 0 aromatic carbocycles. The van der Waals surface area contributed by atoms with E-state index in [0.29, 0.717) is 25.4 Å². The first-order valence-corrected chi connectivity index (χ1v) is 5.90. The highest BCUT2D eigenvalue weighted by Crippen LogP contribution is 2.39. The molecule has 90 valence electrons. The van der Waals surface area contributed by atoms with Gasteiger partial charge in [0.2, 0.25) is 5.91 Å². The van der Waals surface area contributed by atoms with Crippen molar-refractivity contribution < 1.29 is 9.21 Å². The molecule has 1 saturated carbocycles. The maximum Gasteiger partial charge on any atom is 0.226 e. The quantitative estimate of drug-likeness (QED) is 0.781. The third-order valence-corrected chi connectivity index (χ3v) is 3.16. The van der Waals surface area contributed by atoms with Crippen molar-refractivity contribution in [3.05, 3.63) is 24.2 Å². The van der Waals surface area contributed by atoms with Crippen LogP contribution in [0.5, 0.6) is 0 Å². The van der Waals surface area contributed by atoms with Crippen molar-refractivity contribution in [1.82, 2.24) is 4.90 Å². The van der Waals surface area contributed by atoms with Crippen LogP contribution in [0.2, 0.25) is 0 Å². The molecule has 1 aromatic rings. The monoisotopic (exact) mass is 232 g/mol. The smallest absolute Gasteiger partial charge is 0.226 e. The standard InChI is InChI=1S/C13H16N2O2/c1-10-8-12(10)13(16)15(6-3-5-14)9-11-4-2-7-17-11/h2,4,7,10,12H,3,6,8-9H2,1H3. The minimum atomic E-state index is 0.156. The van der Waals surface area contributed by atoms with Gasteiger partial charge in [0.15, 0.2) is 0 Å². The predicted octanol–water partition coefficient (Wildman–Crippen LogP) is 2.18. The summed E-state index contributed by atoms with van der Waals surface area (Å²) in [6.07, 6.45) is 2.94. The van der Waals surface area contributed by atoms with Gasteiger partial charge in [-0.15, -0.1) is 0 Å². The lowest BCUT2D eigenvalue weighted by molar-refractivity contribution is -0.133. The number of carbonyl (C=O) groups is 1. The summed E-state index contributed by atoms with van der Waals surface area (Å²) in [7, 11) is 0. The third kappa shape index (κ3) is 2.88. The molecule has 0 saturated heterocycles. The molecule has 1 aliphatic carbocycles. The second-order valence-corrected chi connectivity index (χ2v) is 4.57. The summed E-state index contributed by atoms with van der Waals surface area (Å²) in [4.78, 5) is 13.9. The van der Waals surface area contributed by atoms with Crippen LogP contribution in [0.15, 0.2) is 22.8 Å². The molecule has 4 heteroatoms. The highest BCUT2D eigenvalue weighted by Gasteiger charge is 2.41. The van der Waals surface area contributed by atoms with Gasteiger partial charge in [0.25, 0.3) is 0 Å². The second kappa shape index (κ2) is 5.05. The SMILES string of the molecule is CC1CC1C(=O)N(CCC#N)Cc1ccco1. The number of carbonyl (C=O) groups excluding carboxylic acids is 1. The number of rotatable bonds is 5. The van der Waals surface area contributed by atoms with Crippen LogP contribution in [-0.2, 0) is 11.3 Å². The van der Waals surface area contributed by atoms with Gasteiger partial charge < -0.3 is 9.32 Å². The Hall–Kier alpha value is -1.76. The Morgan fingerprint density at radius 2 is 2.47 bits per heavy atom. The fraction of sp³-hybridized carbons (Fsp3) is 0.538. The molecule has 1 fully saturated rings. The summed E-state index contributed by atoms with van der Waals surface area (Å²) in [6, 6.07) is 5.74. The first-order chi connectivity index (χ1) is 8.22. The van der Waals surface area contributed by atoms with Crippen LogP contribution in [0.1, 0.15) is 25.5 Å². The zero-order valence-electron chi connectivity index (χ0n) is 9.93. The van der Waals surface area contributed by atoms with Crippen molar-refractivity contribution in [3.8, 4) is 6.07 Å². The molecule has 4 nitrogen and oxygen atoms in total. The highest BCUT2D eigenvalue weighted by atomic mass is 16.3. The van der Waals surface area contributed by atoms with Gasteiger partial charge in [-0.05, 0) is 24.5 Å². The number of nitrogens with zero attached hydrogens (tertiary/aromatic N) is 2. The number of amides is 1. The van der Waals surface area contributed by atoms with E-state index >= 15 is 0 Å². The summed E-state index contributed by atoms with van der Waals surface area (Å²) >= 11 is 0. The van der Waals surface area contributed by atoms with Crippen molar-refractivity contribution in [2.45, 2.75) is 26.3 Å². The minimum Gasteiger partial charge on any atom is -0.467 e. The molecule has 1 aliphatic rings. The summed E-state index contributed by atoms with van der Waals surface area (Å²) < 4.78 is 5.24. The Morgan fingerprint density at radius 1 is 1.71 bits per heavy atom. The first-order valence-electron chi connectivity index (χ1n) is 5.90. The molecule has 1 heterocycles. The molecule has 1 aromatic heterocycles. The van der Waals surface area contributed by atoms with E-state index in [2.05, 4.69) is 13.0 Å². The molecule has 2 atom stereocenters. The van der Waals surface area contributed by atoms with E-state index in [0.717, 1.165) is 12.2 Å². The fourth-order valence-electron chi connectivity index (χ4n) is 1.94. The Kier molecular flexibility index (Phi) is 3.48. The number of furan rings is 1. The molecular formula is C13H16N2O2. The number of nitriles is 1. The first kappa shape index (κ1) is 11.7. The summed E-state index contributed by atoms with van der Waals surface area (Å²) in [5.74, 6) is 1.57. The number of hydrogen-bond donors (Lipinski definition) is 0. The van der Waals surface area contributed by atoms with Crippen LogP contribution < -0.4 is 0 Å². The van der Waals surface area contributed by atoms with Gasteiger partial charge in [0.1, 0.15) is 5.76 Å². The van der Waals surface area contributed by atoms with E-state index in [1.54, 1.807) is 11.2 Å². The van der Waals surface area contributed by atoms with Gasteiger partial charge in [-0.1, -0.05) is 6.92 Å². The molecule has 2 rings (SSSR count). The van der Waals surface area contributed by atoms with Gasteiger partial charge in [0, 0.05) is 12.5 Å². The third-order valence-electron chi connectivity index (χ3n) is 3.16. The maximum absolute atomic E-state index is 12.1. The van der Waals surface area contributed by atoms with Crippen molar-refractivity contribution in [3.63, 3.8) is 0 Å². The summed E-state index contributed by atoms with van der Waals surface area (Å²) in [5.41, 5.74) is 0. The average molecular weight is 232 g/mol. The Labute approximate surface area is 101 Å². The van der Waals surface area contributed by atoms with E-state index in [4.69, 9.17) is 9.68 Å². The van der Waals surface area contributed by atoms with Gasteiger partial charge in [-0.3, -0.25) is 4.79 Å². The molecule has 17 heavy (non-hydrogen) atoms.